The molecule has 0 saturated heterocycles. The molecule has 0 aliphatic carbocycles. The fraction of sp³-hybridized carbons (Fsp3) is 0.278. The molecule has 0 aromatic heterocycles. The normalized spacial score (nSPS) is 12.2. The number of hydrogen-bond acceptors (Lipinski definition) is 5. The quantitative estimate of drug-likeness (QED) is 0.772. The van der Waals surface area contributed by atoms with Crippen LogP contribution in [0.4, 0.5) is 5.69 Å². The average Bonchev–Trinajstić information content (AvgIpc) is 2.60. The van der Waals surface area contributed by atoms with E-state index in [1.54, 1.807) is 38.5 Å². The summed E-state index contributed by atoms with van der Waals surface area (Å²) >= 11 is 0. The van der Waals surface area contributed by atoms with Crippen LogP contribution in [0.3, 0.4) is 0 Å². The SMILES string of the molecule is COc1ccc(OC)c(C(C)NC(=O)c2ccc(NS(C)(=O)=O)cc2)c1. The molecule has 0 aliphatic heterocycles. The molecule has 0 fully saturated rings. The van der Waals surface area contributed by atoms with Crippen LogP contribution >= 0.6 is 0 Å². The maximum absolute atomic E-state index is 12.5. The lowest BCUT2D eigenvalue weighted by Crippen LogP contribution is -2.27. The minimum atomic E-state index is -3.36. The monoisotopic (exact) mass is 378 g/mol. The molecular weight excluding hydrogens is 356 g/mol. The Bertz CT molecular complexity index is 879. The molecule has 1 unspecified atom stereocenters. The maximum Gasteiger partial charge on any atom is 0.251 e. The van der Waals surface area contributed by atoms with Gasteiger partial charge in [-0.05, 0) is 49.4 Å². The first kappa shape index (κ1) is 19.6. The summed E-state index contributed by atoms with van der Waals surface area (Å²) in [5.41, 5.74) is 1.60. The zero-order valence-corrected chi connectivity index (χ0v) is 15.9. The van der Waals surface area contributed by atoms with Gasteiger partial charge < -0.3 is 14.8 Å². The van der Waals surface area contributed by atoms with Crippen molar-refractivity contribution in [3.8, 4) is 11.5 Å². The first-order valence-corrected chi connectivity index (χ1v) is 9.73. The van der Waals surface area contributed by atoms with Crippen LogP contribution in [0.25, 0.3) is 0 Å². The average molecular weight is 378 g/mol. The molecule has 0 saturated carbocycles. The molecule has 2 aromatic carbocycles. The molecule has 1 atom stereocenters. The molecule has 0 spiro atoms. The minimum absolute atomic E-state index is 0.284. The third-order valence-corrected chi connectivity index (χ3v) is 4.31. The van der Waals surface area contributed by atoms with Gasteiger partial charge in [-0.1, -0.05) is 0 Å². The van der Waals surface area contributed by atoms with E-state index in [0.717, 1.165) is 11.8 Å². The van der Waals surface area contributed by atoms with Crippen molar-refractivity contribution in [1.29, 1.82) is 0 Å². The summed E-state index contributed by atoms with van der Waals surface area (Å²) < 4.78 is 35.4. The Kier molecular flexibility index (Phi) is 6.10. The number of nitrogens with one attached hydrogen (secondary N) is 2. The molecule has 26 heavy (non-hydrogen) atoms. The fourth-order valence-electron chi connectivity index (χ4n) is 2.44. The fourth-order valence-corrected chi connectivity index (χ4v) is 3.00. The number of carbonyl (C=O) groups excluding carboxylic acids is 1. The van der Waals surface area contributed by atoms with Crippen LogP contribution in [0.2, 0.25) is 0 Å². The zero-order chi connectivity index (χ0) is 19.3. The van der Waals surface area contributed by atoms with E-state index in [4.69, 9.17) is 9.47 Å². The smallest absolute Gasteiger partial charge is 0.251 e. The molecule has 2 rings (SSSR count). The molecule has 140 valence electrons. The Hall–Kier alpha value is -2.74. The molecule has 0 radical (unpaired) electrons. The Labute approximate surface area is 153 Å². The van der Waals surface area contributed by atoms with Crippen molar-refractivity contribution < 1.29 is 22.7 Å². The van der Waals surface area contributed by atoms with E-state index in [1.807, 2.05) is 13.0 Å². The first-order valence-electron chi connectivity index (χ1n) is 7.84. The van der Waals surface area contributed by atoms with Gasteiger partial charge in [-0.25, -0.2) is 8.42 Å². The second-order valence-corrected chi connectivity index (χ2v) is 7.50. The van der Waals surface area contributed by atoms with Crippen molar-refractivity contribution in [3.05, 3.63) is 53.6 Å². The second kappa shape index (κ2) is 8.09. The van der Waals surface area contributed by atoms with E-state index >= 15 is 0 Å². The molecule has 2 N–H and O–H groups in total. The summed E-state index contributed by atoms with van der Waals surface area (Å²) in [4.78, 5) is 12.5. The molecule has 2 aromatic rings. The topological polar surface area (TPSA) is 93.7 Å². The van der Waals surface area contributed by atoms with Crippen LogP contribution in [-0.4, -0.2) is 34.8 Å². The lowest BCUT2D eigenvalue weighted by atomic mass is 10.1. The minimum Gasteiger partial charge on any atom is -0.497 e. The Balaban J connectivity index is 2.14. The molecular formula is C18H22N2O5S. The first-order chi connectivity index (χ1) is 12.2. The van der Waals surface area contributed by atoms with Crippen LogP contribution in [0.5, 0.6) is 11.5 Å². The third-order valence-electron chi connectivity index (χ3n) is 3.70. The van der Waals surface area contributed by atoms with E-state index < -0.39 is 10.0 Å². The Morgan fingerprint density at radius 1 is 1.04 bits per heavy atom. The summed E-state index contributed by atoms with van der Waals surface area (Å²) in [7, 11) is -0.223. The number of anilines is 1. The van der Waals surface area contributed by atoms with Gasteiger partial charge in [0.05, 0.1) is 26.5 Å². The van der Waals surface area contributed by atoms with Crippen molar-refractivity contribution in [2.24, 2.45) is 0 Å². The number of amides is 1. The van der Waals surface area contributed by atoms with Crippen molar-refractivity contribution in [1.82, 2.24) is 5.32 Å². The van der Waals surface area contributed by atoms with Gasteiger partial charge in [-0.2, -0.15) is 0 Å². The van der Waals surface area contributed by atoms with E-state index in [9.17, 15) is 13.2 Å². The third kappa shape index (κ3) is 5.13. The largest absolute Gasteiger partial charge is 0.497 e. The van der Waals surface area contributed by atoms with Crippen LogP contribution in [0.15, 0.2) is 42.5 Å². The molecule has 0 heterocycles. The lowest BCUT2D eigenvalue weighted by Gasteiger charge is -2.18. The van der Waals surface area contributed by atoms with E-state index in [0.29, 0.717) is 22.7 Å². The highest BCUT2D eigenvalue weighted by Crippen LogP contribution is 2.29. The predicted molar refractivity (Wildman–Crippen MR) is 100 cm³/mol. The second-order valence-electron chi connectivity index (χ2n) is 5.75. The van der Waals surface area contributed by atoms with Gasteiger partial charge in [-0.15, -0.1) is 0 Å². The molecule has 0 bridgehead atoms. The highest BCUT2D eigenvalue weighted by molar-refractivity contribution is 7.92. The molecule has 1 amide bonds. The van der Waals surface area contributed by atoms with Gasteiger partial charge in [0, 0.05) is 16.8 Å². The van der Waals surface area contributed by atoms with E-state index in [-0.39, 0.29) is 11.9 Å². The van der Waals surface area contributed by atoms with Crippen LogP contribution in [-0.2, 0) is 10.0 Å². The number of benzene rings is 2. The number of rotatable bonds is 7. The summed E-state index contributed by atoms with van der Waals surface area (Å²) in [5, 5.41) is 2.89. The Morgan fingerprint density at radius 2 is 1.69 bits per heavy atom. The Morgan fingerprint density at radius 3 is 2.23 bits per heavy atom. The molecule has 8 heteroatoms. The molecule has 7 nitrogen and oxygen atoms in total. The van der Waals surface area contributed by atoms with Gasteiger partial charge >= 0.3 is 0 Å². The summed E-state index contributed by atoms with van der Waals surface area (Å²) in [6.07, 6.45) is 1.07. The maximum atomic E-state index is 12.5. The van der Waals surface area contributed by atoms with Gasteiger partial charge in [0.2, 0.25) is 10.0 Å². The number of ether oxygens (including phenoxy) is 2. The van der Waals surface area contributed by atoms with Gasteiger partial charge in [0.25, 0.3) is 5.91 Å². The number of sulfonamides is 1. The van der Waals surface area contributed by atoms with Gasteiger partial charge in [0.15, 0.2) is 0 Å². The molecule has 0 aliphatic rings. The zero-order valence-electron chi connectivity index (χ0n) is 15.1. The van der Waals surface area contributed by atoms with Crippen molar-refractivity contribution in [2.45, 2.75) is 13.0 Å². The number of hydrogen-bond donors (Lipinski definition) is 2. The summed E-state index contributed by atoms with van der Waals surface area (Å²) in [6, 6.07) is 11.2. The van der Waals surface area contributed by atoms with Crippen molar-refractivity contribution in [2.75, 3.05) is 25.2 Å². The lowest BCUT2D eigenvalue weighted by molar-refractivity contribution is 0.0939. The number of carbonyl (C=O) groups is 1. The van der Waals surface area contributed by atoms with Crippen LogP contribution in [0, 0.1) is 0 Å². The van der Waals surface area contributed by atoms with Gasteiger partial charge in [0.1, 0.15) is 11.5 Å². The predicted octanol–water partition coefficient (Wildman–Crippen LogP) is 2.57. The van der Waals surface area contributed by atoms with Crippen LogP contribution < -0.4 is 19.5 Å². The van der Waals surface area contributed by atoms with Crippen LogP contribution in [0.1, 0.15) is 28.9 Å². The summed E-state index contributed by atoms with van der Waals surface area (Å²) in [6.45, 7) is 1.84. The van der Waals surface area contributed by atoms with Gasteiger partial charge in [-0.3, -0.25) is 9.52 Å². The highest BCUT2D eigenvalue weighted by atomic mass is 32.2. The highest BCUT2D eigenvalue weighted by Gasteiger charge is 2.16. The van der Waals surface area contributed by atoms with Crippen molar-refractivity contribution >= 4 is 21.6 Å². The number of methoxy groups -OCH3 is 2. The standard InChI is InChI=1S/C18H22N2O5S/c1-12(16-11-15(24-2)9-10-17(16)25-3)19-18(21)13-5-7-14(8-6-13)20-26(4,22)23/h5-12,20H,1-4H3,(H,19,21). The van der Waals surface area contributed by atoms with E-state index in [2.05, 4.69) is 10.0 Å². The van der Waals surface area contributed by atoms with Crippen molar-refractivity contribution in [3.63, 3.8) is 0 Å². The summed E-state index contributed by atoms with van der Waals surface area (Å²) in [5.74, 6) is 1.03. The van der Waals surface area contributed by atoms with E-state index in [1.165, 1.54) is 12.1 Å².